The van der Waals surface area contributed by atoms with E-state index in [9.17, 15) is 9.90 Å². The summed E-state index contributed by atoms with van der Waals surface area (Å²) in [5.74, 6) is 0.508. The number of rotatable bonds is 4. The Kier molecular flexibility index (Phi) is 4.77. The van der Waals surface area contributed by atoms with Gasteiger partial charge in [-0.05, 0) is 31.4 Å². The van der Waals surface area contributed by atoms with Crippen LogP contribution in [0.25, 0.3) is 10.2 Å². The first-order chi connectivity index (χ1) is 10.3. The Balaban J connectivity index is 1.62. The van der Waals surface area contributed by atoms with Crippen molar-refractivity contribution in [3.05, 3.63) is 24.3 Å². The molecule has 1 aliphatic rings. The highest BCUT2D eigenvalue weighted by Crippen LogP contribution is 2.29. The van der Waals surface area contributed by atoms with Gasteiger partial charge in [0.15, 0.2) is 4.34 Å². The van der Waals surface area contributed by atoms with Crippen LogP contribution in [-0.2, 0) is 4.79 Å². The first kappa shape index (κ1) is 14.8. The second-order valence-corrected chi connectivity index (χ2v) is 7.41. The fourth-order valence-corrected chi connectivity index (χ4v) is 4.59. The average molecular weight is 322 g/mol. The van der Waals surface area contributed by atoms with E-state index in [0.717, 1.165) is 40.4 Å². The summed E-state index contributed by atoms with van der Waals surface area (Å²) < 4.78 is 2.08. The maximum absolute atomic E-state index is 12.3. The maximum Gasteiger partial charge on any atom is 0.233 e. The number of fused-ring (bicyclic) bond motifs is 1. The number of aliphatic hydroxyl groups is 1. The van der Waals surface area contributed by atoms with Crippen molar-refractivity contribution in [2.24, 2.45) is 0 Å². The zero-order chi connectivity index (χ0) is 14.7. The Morgan fingerprint density at radius 1 is 1.43 bits per heavy atom. The molecule has 1 amide bonds. The van der Waals surface area contributed by atoms with Crippen LogP contribution in [0.1, 0.15) is 19.3 Å². The van der Waals surface area contributed by atoms with E-state index < -0.39 is 0 Å². The normalized spacial score (nSPS) is 19.1. The molecule has 0 aliphatic carbocycles. The van der Waals surface area contributed by atoms with Crippen LogP contribution in [0.4, 0.5) is 0 Å². The first-order valence-corrected chi connectivity index (χ1v) is 8.97. The van der Waals surface area contributed by atoms with Crippen LogP contribution in [0.3, 0.4) is 0 Å². The van der Waals surface area contributed by atoms with Gasteiger partial charge in [-0.2, -0.15) is 0 Å². The second kappa shape index (κ2) is 6.77. The summed E-state index contributed by atoms with van der Waals surface area (Å²) in [6.45, 7) is 0.835. The first-order valence-electron chi connectivity index (χ1n) is 7.16. The van der Waals surface area contributed by atoms with Crippen LogP contribution in [0, 0.1) is 0 Å². The van der Waals surface area contributed by atoms with E-state index in [1.807, 2.05) is 29.2 Å². The second-order valence-electron chi connectivity index (χ2n) is 5.16. The van der Waals surface area contributed by atoms with Crippen molar-refractivity contribution in [3.63, 3.8) is 0 Å². The number of amides is 1. The summed E-state index contributed by atoms with van der Waals surface area (Å²) >= 11 is 3.12. The number of aromatic nitrogens is 1. The molecule has 0 saturated carbocycles. The lowest BCUT2D eigenvalue weighted by atomic mass is 10.0. The zero-order valence-corrected chi connectivity index (χ0v) is 13.3. The van der Waals surface area contributed by atoms with Gasteiger partial charge < -0.3 is 10.0 Å². The number of likely N-dealkylation sites (tertiary alicyclic amines) is 1. The molecule has 1 saturated heterocycles. The van der Waals surface area contributed by atoms with Crippen LogP contribution in [0.15, 0.2) is 28.6 Å². The molecular weight excluding hydrogens is 304 g/mol. The Hall–Kier alpha value is -1.11. The van der Waals surface area contributed by atoms with Crippen LogP contribution in [-0.4, -0.2) is 45.8 Å². The Labute approximate surface area is 132 Å². The van der Waals surface area contributed by atoms with Crippen molar-refractivity contribution in [2.45, 2.75) is 29.6 Å². The number of aliphatic hydroxyl groups excluding tert-OH is 1. The summed E-state index contributed by atoms with van der Waals surface area (Å²) in [6.07, 6.45) is 3.04. The van der Waals surface area contributed by atoms with Crippen molar-refractivity contribution < 1.29 is 9.90 Å². The van der Waals surface area contributed by atoms with Gasteiger partial charge in [0.05, 0.1) is 28.6 Å². The quantitative estimate of drug-likeness (QED) is 0.880. The van der Waals surface area contributed by atoms with Gasteiger partial charge >= 0.3 is 0 Å². The fourth-order valence-electron chi connectivity index (χ4n) is 2.64. The molecule has 1 atom stereocenters. The molecule has 0 bridgehead atoms. The topological polar surface area (TPSA) is 53.4 Å². The molecule has 2 heterocycles. The third-order valence-corrected chi connectivity index (χ3v) is 5.92. The number of benzene rings is 1. The molecule has 1 unspecified atom stereocenters. The van der Waals surface area contributed by atoms with E-state index in [2.05, 4.69) is 4.98 Å². The summed E-state index contributed by atoms with van der Waals surface area (Å²) in [4.78, 5) is 18.7. The molecule has 0 spiro atoms. The minimum atomic E-state index is 0.00205. The monoisotopic (exact) mass is 322 g/mol. The predicted molar refractivity (Wildman–Crippen MR) is 86.8 cm³/mol. The Bertz CT molecular complexity index is 596. The van der Waals surface area contributed by atoms with Crippen LogP contribution in [0.2, 0.25) is 0 Å². The van der Waals surface area contributed by atoms with E-state index in [1.54, 1.807) is 11.3 Å². The number of piperidine rings is 1. The number of carbonyl (C=O) groups is 1. The van der Waals surface area contributed by atoms with Gasteiger partial charge in [-0.3, -0.25) is 4.79 Å². The van der Waals surface area contributed by atoms with Gasteiger partial charge in [0, 0.05) is 6.54 Å². The highest BCUT2D eigenvalue weighted by molar-refractivity contribution is 8.01. The van der Waals surface area contributed by atoms with Crippen LogP contribution >= 0.6 is 23.1 Å². The molecule has 1 N–H and O–H groups in total. The molecule has 4 nitrogen and oxygen atoms in total. The number of thiazole rings is 1. The smallest absolute Gasteiger partial charge is 0.233 e. The molecule has 112 valence electrons. The SMILES string of the molecule is O=C(CSc1nc2ccccc2s1)N1CCCCC1CO. The minimum absolute atomic E-state index is 0.00205. The van der Waals surface area contributed by atoms with E-state index in [4.69, 9.17) is 0 Å². The number of hydrogen-bond donors (Lipinski definition) is 1. The number of thioether (sulfide) groups is 1. The van der Waals surface area contributed by atoms with E-state index in [-0.39, 0.29) is 18.6 Å². The molecule has 1 aromatic heterocycles. The van der Waals surface area contributed by atoms with Crippen molar-refractivity contribution in [2.75, 3.05) is 18.9 Å². The highest BCUT2D eigenvalue weighted by atomic mass is 32.2. The van der Waals surface area contributed by atoms with Crippen molar-refractivity contribution in [3.8, 4) is 0 Å². The third kappa shape index (κ3) is 3.39. The standard InChI is InChI=1S/C15H18N2O2S2/c18-9-11-5-3-4-8-17(11)14(19)10-20-15-16-12-6-1-2-7-13(12)21-15/h1-2,6-7,11,18H,3-5,8-10H2. The summed E-state index contributed by atoms with van der Waals surface area (Å²) in [5.41, 5.74) is 0.989. The lowest BCUT2D eigenvalue weighted by Crippen LogP contribution is -2.46. The van der Waals surface area contributed by atoms with E-state index in [1.165, 1.54) is 11.8 Å². The molecule has 6 heteroatoms. The molecule has 1 fully saturated rings. The summed E-state index contributed by atoms with van der Waals surface area (Å²) in [6, 6.07) is 8.01. The maximum atomic E-state index is 12.3. The van der Waals surface area contributed by atoms with Gasteiger partial charge in [0.1, 0.15) is 0 Å². The molecular formula is C15H18N2O2S2. The van der Waals surface area contributed by atoms with Gasteiger partial charge in [0.2, 0.25) is 5.91 Å². The number of carbonyl (C=O) groups excluding carboxylic acids is 1. The lowest BCUT2D eigenvalue weighted by Gasteiger charge is -2.34. The van der Waals surface area contributed by atoms with Crippen LogP contribution in [0.5, 0.6) is 0 Å². The Morgan fingerprint density at radius 2 is 2.29 bits per heavy atom. The van der Waals surface area contributed by atoms with E-state index >= 15 is 0 Å². The van der Waals surface area contributed by atoms with Crippen LogP contribution < -0.4 is 0 Å². The van der Waals surface area contributed by atoms with Crippen molar-refractivity contribution >= 4 is 39.2 Å². The average Bonchev–Trinajstić information content (AvgIpc) is 2.95. The molecule has 0 radical (unpaired) electrons. The molecule has 21 heavy (non-hydrogen) atoms. The van der Waals surface area contributed by atoms with Crippen molar-refractivity contribution in [1.82, 2.24) is 9.88 Å². The molecule has 1 aliphatic heterocycles. The predicted octanol–water partition coefficient (Wildman–Crippen LogP) is 2.76. The minimum Gasteiger partial charge on any atom is -0.394 e. The van der Waals surface area contributed by atoms with E-state index in [0.29, 0.717) is 5.75 Å². The lowest BCUT2D eigenvalue weighted by molar-refractivity contribution is -0.132. The fraction of sp³-hybridized carbons (Fsp3) is 0.467. The summed E-state index contributed by atoms with van der Waals surface area (Å²) in [5, 5.41) is 9.38. The van der Waals surface area contributed by atoms with Gasteiger partial charge in [-0.1, -0.05) is 23.9 Å². The van der Waals surface area contributed by atoms with Gasteiger partial charge in [-0.25, -0.2) is 4.98 Å². The van der Waals surface area contributed by atoms with Gasteiger partial charge in [-0.15, -0.1) is 11.3 Å². The molecule has 2 aromatic rings. The number of nitrogens with zero attached hydrogens (tertiary/aromatic N) is 2. The Morgan fingerprint density at radius 3 is 3.10 bits per heavy atom. The van der Waals surface area contributed by atoms with Crippen molar-refractivity contribution in [1.29, 1.82) is 0 Å². The zero-order valence-electron chi connectivity index (χ0n) is 11.7. The highest BCUT2D eigenvalue weighted by Gasteiger charge is 2.26. The molecule has 3 rings (SSSR count). The largest absolute Gasteiger partial charge is 0.394 e. The number of hydrogen-bond acceptors (Lipinski definition) is 5. The molecule has 1 aromatic carbocycles. The third-order valence-electron chi connectivity index (χ3n) is 3.75. The van der Waals surface area contributed by atoms with Gasteiger partial charge in [0.25, 0.3) is 0 Å². The number of para-hydroxylation sites is 1. The summed E-state index contributed by atoms with van der Waals surface area (Å²) in [7, 11) is 0.